The van der Waals surface area contributed by atoms with E-state index < -0.39 is 6.04 Å². The largest absolute Gasteiger partial charge is 0.354 e. The molecule has 2 aliphatic rings. The van der Waals surface area contributed by atoms with Crippen molar-refractivity contribution in [3.05, 3.63) is 24.0 Å². The van der Waals surface area contributed by atoms with E-state index in [-0.39, 0.29) is 11.8 Å². The fourth-order valence-corrected chi connectivity index (χ4v) is 2.67. The summed E-state index contributed by atoms with van der Waals surface area (Å²) in [5.41, 5.74) is 4.40. The van der Waals surface area contributed by atoms with Gasteiger partial charge in [0.15, 0.2) is 5.78 Å². The Kier molecular flexibility index (Phi) is 4.13. The predicted octanol–water partition coefficient (Wildman–Crippen LogP) is 1.29. The Bertz CT molecular complexity index is 472. The highest BCUT2D eigenvalue weighted by Crippen LogP contribution is 2.30. The average molecular weight is 278 g/mol. The summed E-state index contributed by atoms with van der Waals surface area (Å²) in [6.45, 7) is 6.02. The van der Waals surface area contributed by atoms with Gasteiger partial charge in [-0.05, 0) is 26.2 Å². The van der Waals surface area contributed by atoms with Crippen LogP contribution in [0.25, 0.3) is 0 Å². The molecule has 1 atom stereocenters. The lowest BCUT2D eigenvalue weighted by Gasteiger charge is -2.31. The fraction of sp³-hybridized carbons (Fsp3) is 0.571. The van der Waals surface area contributed by atoms with Crippen molar-refractivity contribution < 1.29 is 9.59 Å². The monoisotopic (exact) mass is 278 g/mol. The third-order valence-corrected chi connectivity index (χ3v) is 3.88. The standard InChI is InChI=1S/C14H22N4O2/c1-10-12-7-5-6-8-13(11(2)19)18(12)14(20)17(15-3)9-16(10)4/h7,13,15H,1,5-6,8-9H2,2-4H3. The zero-order chi connectivity index (χ0) is 14.9. The molecule has 2 aliphatic heterocycles. The van der Waals surface area contributed by atoms with E-state index in [1.54, 1.807) is 18.9 Å². The molecule has 1 N–H and O–H groups in total. The van der Waals surface area contributed by atoms with Crippen LogP contribution >= 0.6 is 0 Å². The molecule has 6 heteroatoms. The van der Waals surface area contributed by atoms with Gasteiger partial charge in [-0.25, -0.2) is 15.2 Å². The van der Waals surface area contributed by atoms with Gasteiger partial charge in [0.05, 0.1) is 17.4 Å². The van der Waals surface area contributed by atoms with E-state index in [9.17, 15) is 9.59 Å². The highest BCUT2D eigenvalue weighted by molar-refractivity contribution is 5.88. The molecule has 20 heavy (non-hydrogen) atoms. The molecule has 0 aromatic rings. The SMILES string of the molecule is C=C1C2=CCCCC(C(C)=O)N2C(=O)N(NC)CN1C. The molecule has 1 unspecified atom stereocenters. The molecule has 6 nitrogen and oxygen atoms in total. The van der Waals surface area contributed by atoms with E-state index in [2.05, 4.69) is 12.0 Å². The summed E-state index contributed by atoms with van der Waals surface area (Å²) in [6, 6.07) is -0.610. The van der Waals surface area contributed by atoms with E-state index in [0.29, 0.717) is 13.1 Å². The summed E-state index contributed by atoms with van der Waals surface area (Å²) in [5.74, 6) is 0.0135. The number of Topliss-reactive ketones (excluding diaryl/α,β-unsaturated/α-hetero) is 1. The van der Waals surface area contributed by atoms with Crippen molar-refractivity contribution >= 4 is 11.8 Å². The molecular weight excluding hydrogens is 256 g/mol. The molecule has 0 radical (unpaired) electrons. The van der Waals surface area contributed by atoms with Crippen LogP contribution < -0.4 is 5.43 Å². The van der Waals surface area contributed by atoms with Crippen LogP contribution in [0, 0.1) is 0 Å². The third-order valence-electron chi connectivity index (χ3n) is 3.88. The summed E-state index contributed by atoms with van der Waals surface area (Å²) in [7, 11) is 3.59. The van der Waals surface area contributed by atoms with Gasteiger partial charge < -0.3 is 4.90 Å². The second kappa shape index (κ2) is 5.66. The smallest absolute Gasteiger partial charge is 0.341 e. The predicted molar refractivity (Wildman–Crippen MR) is 76.3 cm³/mol. The quantitative estimate of drug-likeness (QED) is 0.827. The second-order valence-corrected chi connectivity index (χ2v) is 5.24. The number of hydrazine groups is 1. The van der Waals surface area contributed by atoms with Crippen LogP contribution in [0.2, 0.25) is 0 Å². The Hall–Kier alpha value is -1.82. The minimum absolute atomic E-state index is 0.0135. The number of rotatable bonds is 2. The number of urea groups is 1. The maximum atomic E-state index is 12.7. The summed E-state index contributed by atoms with van der Waals surface area (Å²) < 4.78 is 0. The second-order valence-electron chi connectivity index (χ2n) is 5.24. The highest BCUT2D eigenvalue weighted by atomic mass is 16.2. The number of ketones is 1. The summed E-state index contributed by atoms with van der Waals surface area (Å²) in [4.78, 5) is 28.1. The first kappa shape index (κ1) is 14.6. The van der Waals surface area contributed by atoms with Gasteiger partial charge in [-0.15, -0.1) is 0 Å². The molecule has 0 aliphatic carbocycles. The lowest BCUT2D eigenvalue weighted by Crippen LogP contribution is -2.52. The molecule has 0 spiro atoms. The van der Waals surface area contributed by atoms with Crippen LogP contribution in [0.3, 0.4) is 0 Å². The van der Waals surface area contributed by atoms with Crippen molar-refractivity contribution in [2.75, 3.05) is 20.8 Å². The lowest BCUT2D eigenvalue weighted by atomic mass is 10.1. The van der Waals surface area contributed by atoms with E-state index in [1.807, 2.05) is 18.0 Å². The van der Waals surface area contributed by atoms with Crippen molar-refractivity contribution in [3.8, 4) is 0 Å². The first-order valence-electron chi connectivity index (χ1n) is 6.86. The first-order chi connectivity index (χ1) is 9.47. The Balaban J connectivity index is 2.50. The number of nitrogens with one attached hydrogen (secondary N) is 1. The number of fused-ring (bicyclic) bond motifs is 1. The number of carbonyl (C=O) groups excluding carboxylic acids is 2. The molecule has 1 fully saturated rings. The van der Waals surface area contributed by atoms with Gasteiger partial charge >= 0.3 is 6.03 Å². The summed E-state index contributed by atoms with van der Waals surface area (Å²) in [6.07, 6.45) is 4.46. The molecular formula is C14H22N4O2. The molecule has 2 heterocycles. The van der Waals surface area contributed by atoms with Crippen LogP contribution in [-0.2, 0) is 4.79 Å². The van der Waals surface area contributed by atoms with Crippen molar-refractivity contribution in [1.82, 2.24) is 20.2 Å². The highest BCUT2D eigenvalue weighted by Gasteiger charge is 2.38. The van der Waals surface area contributed by atoms with Gasteiger partial charge in [0.25, 0.3) is 0 Å². The topological polar surface area (TPSA) is 55.9 Å². The molecule has 0 bridgehead atoms. The number of hydrogen-bond acceptors (Lipinski definition) is 4. The zero-order valence-corrected chi connectivity index (χ0v) is 12.3. The molecule has 2 rings (SSSR count). The van der Waals surface area contributed by atoms with Crippen molar-refractivity contribution in [3.63, 3.8) is 0 Å². The molecule has 0 aromatic carbocycles. The third kappa shape index (κ3) is 2.43. The average Bonchev–Trinajstić information content (AvgIpc) is 2.68. The summed E-state index contributed by atoms with van der Waals surface area (Å²) >= 11 is 0. The van der Waals surface area contributed by atoms with E-state index in [1.165, 1.54) is 5.01 Å². The van der Waals surface area contributed by atoms with Gasteiger partial charge in [-0.1, -0.05) is 12.7 Å². The maximum absolute atomic E-state index is 12.7. The molecule has 0 saturated carbocycles. The lowest BCUT2D eigenvalue weighted by molar-refractivity contribution is -0.121. The van der Waals surface area contributed by atoms with E-state index in [4.69, 9.17) is 0 Å². The fourth-order valence-electron chi connectivity index (χ4n) is 2.67. The van der Waals surface area contributed by atoms with Gasteiger partial charge in [0.1, 0.15) is 6.67 Å². The normalized spacial score (nSPS) is 24.1. The van der Waals surface area contributed by atoms with Gasteiger partial charge in [0.2, 0.25) is 0 Å². The Morgan fingerprint density at radius 3 is 2.80 bits per heavy atom. The summed E-state index contributed by atoms with van der Waals surface area (Å²) in [5, 5.41) is 1.49. The molecule has 1 saturated heterocycles. The van der Waals surface area contributed by atoms with Crippen molar-refractivity contribution in [2.45, 2.75) is 32.2 Å². The van der Waals surface area contributed by atoms with Gasteiger partial charge in [-0.2, -0.15) is 0 Å². The van der Waals surface area contributed by atoms with Crippen LogP contribution in [0.4, 0.5) is 4.79 Å². The van der Waals surface area contributed by atoms with Crippen molar-refractivity contribution in [1.29, 1.82) is 0 Å². The van der Waals surface area contributed by atoms with Crippen LogP contribution in [-0.4, -0.2) is 53.4 Å². The number of amides is 2. The maximum Gasteiger partial charge on any atom is 0.341 e. The van der Waals surface area contributed by atoms with E-state index >= 15 is 0 Å². The Morgan fingerprint density at radius 1 is 1.50 bits per heavy atom. The van der Waals surface area contributed by atoms with Crippen LogP contribution in [0.5, 0.6) is 0 Å². The minimum atomic E-state index is -0.407. The minimum Gasteiger partial charge on any atom is -0.354 e. The number of likely N-dealkylation sites (N-methyl/N-ethyl adjacent to an activating group) is 1. The molecule has 2 amide bonds. The number of nitrogens with zero attached hydrogens (tertiary/aromatic N) is 3. The molecule has 110 valence electrons. The van der Waals surface area contributed by atoms with Crippen LogP contribution in [0.15, 0.2) is 24.0 Å². The van der Waals surface area contributed by atoms with E-state index in [0.717, 1.165) is 24.2 Å². The number of carbonyl (C=O) groups is 2. The first-order valence-corrected chi connectivity index (χ1v) is 6.86. The number of allylic oxidation sites excluding steroid dienone is 1. The van der Waals surface area contributed by atoms with Crippen LogP contribution in [0.1, 0.15) is 26.2 Å². The van der Waals surface area contributed by atoms with Crippen molar-refractivity contribution in [2.24, 2.45) is 0 Å². The van der Waals surface area contributed by atoms with Gasteiger partial charge in [-0.3, -0.25) is 9.69 Å². The Labute approximate surface area is 119 Å². The zero-order valence-electron chi connectivity index (χ0n) is 12.3. The molecule has 0 aromatic heterocycles. The Morgan fingerprint density at radius 2 is 2.20 bits per heavy atom. The number of hydrogen-bond donors (Lipinski definition) is 1. The van der Waals surface area contributed by atoms with Gasteiger partial charge in [0, 0.05) is 14.1 Å².